The first-order chi connectivity index (χ1) is 8.72. The van der Waals surface area contributed by atoms with E-state index in [1.807, 2.05) is 31.4 Å². The Kier molecular flexibility index (Phi) is 3.01. The maximum Gasteiger partial charge on any atom is 0.144 e. The van der Waals surface area contributed by atoms with Crippen LogP contribution >= 0.6 is 27.3 Å². The molecule has 0 aliphatic carbocycles. The third kappa shape index (κ3) is 2.23. The predicted octanol–water partition coefficient (Wildman–Crippen LogP) is 3.97. The molecule has 90 valence electrons. The molecule has 2 aromatic heterocycles. The van der Waals surface area contributed by atoms with Gasteiger partial charge in [-0.2, -0.15) is 5.10 Å². The molecule has 3 aromatic rings. The number of halogens is 1. The van der Waals surface area contributed by atoms with Crippen LogP contribution in [0.25, 0.3) is 22.0 Å². The first-order valence-electron chi connectivity index (χ1n) is 5.44. The molecular weight excluding hydrogens is 310 g/mol. The fourth-order valence-corrected chi connectivity index (χ4v) is 2.89. The lowest BCUT2D eigenvalue weighted by Gasteiger charge is -1.96. The third-order valence-electron chi connectivity index (χ3n) is 2.56. The molecule has 0 saturated heterocycles. The lowest BCUT2D eigenvalue weighted by molar-refractivity contribution is 0.770. The lowest BCUT2D eigenvalue weighted by atomic mass is 10.2. The summed E-state index contributed by atoms with van der Waals surface area (Å²) in [5.74, 6) is 0. The standard InChI is InChI=1S/C13H10BrN3S/c1-17-6-5-11(16-17)13-15-12(8-18-13)9-3-2-4-10(14)7-9/h2-8H,1H3. The Balaban J connectivity index is 1.99. The molecule has 0 amide bonds. The zero-order valence-electron chi connectivity index (χ0n) is 9.67. The van der Waals surface area contributed by atoms with Crippen LogP contribution < -0.4 is 0 Å². The molecule has 0 aliphatic heterocycles. The van der Waals surface area contributed by atoms with E-state index in [-0.39, 0.29) is 0 Å². The van der Waals surface area contributed by atoms with Crippen molar-refractivity contribution in [2.75, 3.05) is 0 Å². The summed E-state index contributed by atoms with van der Waals surface area (Å²) in [4.78, 5) is 4.63. The average molecular weight is 320 g/mol. The molecule has 0 radical (unpaired) electrons. The summed E-state index contributed by atoms with van der Waals surface area (Å²) < 4.78 is 2.85. The highest BCUT2D eigenvalue weighted by Gasteiger charge is 2.08. The van der Waals surface area contributed by atoms with Crippen LogP contribution in [0.5, 0.6) is 0 Å². The van der Waals surface area contributed by atoms with E-state index in [1.165, 1.54) is 0 Å². The summed E-state index contributed by atoms with van der Waals surface area (Å²) in [6.07, 6.45) is 1.93. The Morgan fingerprint density at radius 2 is 2.11 bits per heavy atom. The second-order valence-electron chi connectivity index (χ2n) is 3.92. The van der Waals surface area contributed by atoms with Crippen molar-refractivity contribution in [2.45, 2.75) is 0 Å². The van der Waals surface area contributed by atoms with E-state index >= 15 is 0 Å². The van der Waals surface area contributed by atoms with Crippen LogP contribution in [0, 0.1) is 0 Å². The van der Waals surface area contributed by atoms with Gasteiger partial charge in [0.1, 0.15) is 10.7 Å². The van der Waals surface area contributed by atoms with Gasteiger partial charge < -0.3 is 0 Å². The Morgan fingerprint density at radius 3 is 2.83 bits per heavy atom. The van der Waals surface area contributed by atoms with E-state index in [0.29, 0.717) is 0 Å². The molecular formula is C13H10BrN3S. The van der Waals surface area contributed by atoms with Crippen molar-refractivity contribution >= 4 is 27.3 Å². The summed E-state index contributed by atoms with van der Waals surface area (Å²) in [6, 6.07) is 10.1. The number of thiazole rings is 1. The number of benzene rings is 1. The van der Waals surface area contributed by atoms with Crippen LogP contribution in [0.1, 0.15) is 0 Å². The SMILES string of the molecule is Cn1ccc(-c2nc(-c3cccc(Br)c3)cs2)n1. The molecule has 1 aromatic carbocycles. The molecule has 5 heteroatoms. The van der Waals surface area contributed by atoms with Crippen molar-refractivity contribution < 1.29 is 0 Å². The van der Waals surface area contributed by atoms with Gasteiger partial charge >= 0.3 is 0 Å². The quantitative estimate of drug-likeness (QED) is 0.715. The summed E-state index contributed by atoms with van der Waals surface area (Å²) in [5, 5.41) is 7.37. The first-order valence-corrected chi connectivity index (χ1v) is 7.11. The van der Waals surface area contributed by atoms with E-state index in [2.05, 4.69) is 43.5 Å². The van der Waals surface area contributed by atoms with Crippen LogP contribution in [0.15, 0.2) is 46.4 Å². The minimum absolute atomic E-state index is 0.920. The van der Waals surface area contributed by atoms with Gasteiger partial charge in [-0.1, -0.05) is 28.1 Å². The maximum absolute atomic E-state index is 4.63. The highest BCUT2D eigenvalue weighted by molar-refractivity contribution is 9.10. The first kappa shape index (κ1) is 11.6. The van der Waals surface area contributed by atoms with E-state index < -0.39 is 0 Å². The van der Waals surface area contributed by atoms with E-state index in [1.54, 1.807) is 16.0 Å². The van der Waals surface area contributed by atoms with Gasteiger partial charge in [0, 0.05) is 28.7 Å². The Morgan fingerprint density at radius 1 is 1.22 bits per heavy atom. The Labute approximate surface area is 117 Å². The lowest BCUT2D eigenvalue weighted by Crippen LogP contribution is -1.87. The van der Waals surface area contributed by atoms with Crippen molar-refractivity contribution in [3.05, 3.63) is 46.4 Å². The number of hydrogen-bond acceptors (Lipinski definition) is 3. The number of aryl methyl sites for hydroxylation is 1. The minimum atomic E-state index is 0.920. The molecule has 0 unspecified atom stereocenters. The molecule has 0 saturated carbocycles. The fourth-order valence-electron chi connectivity index (χ4n) is 1.70. The molecule has 0 aliphatic rings. The minimum Gasteiger partial charge on any atom is -0.275 e. The van der Waals surface area contributed by atoms with Gasteiger partial charge in [0.2, 0.25) is 0 Å². The number of rotatable bonds is 2. The van der Waals surface area contributed by atoms with Gasteiger partial charge in [0.15, 0.2) is 0 Å². The Bertz CT molecular complexity index is 687. The van der Waals surface area contributed by atoms with Gasteiger partial charge in [0.05, 0.1) is 5.69 Å². The molecule has 0 N–H and O–H groups in total. The van der Waals surface area contributed by atoms with Gasteiger partial charge in [-0.05, 0) is 18.2 Å². The van der Waals surface area contributed by atoms with Crippen molar-refractivity contribution in [1.29, 1.82) is 0 Å². The molecule has 0 atom stereocenters. The molecule has 0 bridgehead atoms. The molecule has 3 rings (SSSR count). The van der Waals surface area contributed by atoms with Crippen LogP contribution in [-0.4, -0.2) is 14.8 Å². The van der Waals surface area contributed by atoms with E-state index in [4.69, 9.17) is 0 Å². The second kappa shape index (κ2) is 4.66. The fraction of sp³-hybridized carbons (Fsp3) is 0.0769. The molecule has 2 heterocycles. The third-order valence-corrected chi connectivity index (χ3v) is 3.92. The predicted molar refractivity (Wildman–Crippen MR) is 77.5 cm³/mol. The smallest absolute Gasteiger partial charge is 0.144 e. The molecule has 0 spiro atoms. The van der Waals surface area contributed by atoms with Crippen LogP contribution in [0.4, 0.5) is 0 Å². The van der Waals surface area contributed by atoms with Crippen molar-refractivity contribution in [2.24, 2.45) is 7.05 Å². The monoisotopic (exact) mass is 319 g/mol. The molecule has 3 nitrogen and oxygen atoms in total. The van der Waals surface area contributed by atoms with E-state index in [0.717, 1.165) is 26.4 Å². The largest absolute Gasteiger partial charge is 0.275 e. The van der Waals surface area contributed by atoms with Crippen molar-refractivity contribution in [1.82, 2.24) is 14.8 Å². The van der Waals surface area contributed by atoms with Gasteiger partial charge in [-0.25, -0.2) is 4.98 Å². The zero-order valence-corrected chi connectivity index (χ0v) is 12.1. The van der Waals surface area contributed by atoms with Crippen LogP contribution in [0.3, 0.4) is 0 Å². The maximum atomic E-state index is 4.63. The van der Waals surface area contributed by atoms with Gasteiger partial charge in [-0.15, -0.1) is 11.3 Å². The van der Waals surface area contributed by atoms with Crippen molar-refractivity contribution in [3.8, 4) is 22.0 Å². The summed E-state index contributed by atoms with van der Waals surface area (Å²) in [5.41, 5.74) is 3.02. The zero-order chi connectivity index (χ0) is 12.5. The summed E-state index contributed by atoms with van der Waals surface area (Å²) in [6.45, 7) is 0. The van der Waals surface area contributed by atoms with Gasteiger partial charge in [0.25, 0.3) is 0 Å². The summed E-state index contributed by atoms with van der Waals surface area (Å²) in [7, 11) is 1.91. The number of hydrogen-bond donors (Lipinski definition) is 0. The highest BCUT2D eigenvalue weighted by Crippen LogP contribution is 2.28. The topological polar surface area (TPSA) is 30.7 Å². The number of nitrogens with zero attached hydrogens (tertiary/aromatic N) is 3. The second-order valence-corrected chi connectivity index (χ2v) is 5.70. The molecule has 18 heavy (non-hydrogen) atoms. The van der Waals surface area contributed by atoms with Crippen LogP contribution in [-0.2, 0) is 7.05 Å². The Hall–Kier alpha value is -1.46. The molecule has 0 fully saturated rings. The normalized spacial score (nSPS) is 10.8. The van der Waals surface area contributed by atoms with E-state index in [9.17, 15) is 0 Å². The number of aromatic nitrogens is 3. The van der Waals surface area contributed by atoms with Crippen LogP contribution in [0.2, 0.25) is 0 Å². The van der Waals surface area contributed by atoms with Crippen molar-refractivity contribution in [3.63, 3.8) is 0 Å². The average Bonchev–Trinajstić information content (AvgIpc) is 2.97. The van der Waals surface area contributed by atoms with Gasteiger partial charge in [-0.3, -0.25) is 4.68 Å². The summed E-state index contributed by atoms with van der Waals surface area (Å²) >= 11 is 5.09. The highest BCUT2D eigenvalue weighted by atomic mass is 79.9.